The molecule has 0 N–H and O–H groups in total. The number of ether oxygens (including phenoxy) is 2. The zero-order valence-corrected chi connectivity index (χ0v) is 21.7. The van der Waals surface area contributed by atoms with Crippen LogP contribution in [-0.2, 0) is 19.1 Å². The molecule has 0 heterocycles. The molecule has 4 nitrogen and oxygen atoms in total. The van der Waals surface area contributed by atoms with Crippen LogP contribution in [0.2, 0.25) is 0 Å². The molecule has 5 aliphatic rings. The minimum absolute atomic E-state index is 0.163. The molecule has 5 fully saturated rings. The lowest BCUT2D eigenvalue weighted by Crippen LogP contribution is -2.59. The van der Waals surface area contributed by atoms with Crippen molar-refractivity contribution in [3.63, 3.8) is 0 Å². The molecular formula is C29H46O4. The van der Waals surface area contributed by atoms with E-state index in [0.717, 1.165) is 18.3 Å². The number of carbonyl (C=O) groups is 2. The zero-order valence-electron chi connectivity index (χ0n) is 21.7. The molecule has 0 spiro atoms. The number of esters is 2. The summed E-state index contributed by atoms with van der Waals surface area (Å²) < 4.78 is 11.5. The van der Waals surface area contributed by atoms with E-state index in [1.807, 2.05) is 13.8 Å². The van der Waals surface area contributed by atoms with Gasteiger partial charge in [-0.05, 0) is 109 Å². The molecule has 4 bridgehead atoms. The maximum atomic E-state index is 12.0. The third kappa shape index (κ3) is 5.74. The molecule has 0 aromatic heterocycles. The van der Waals surface area contributed by atoms with Crippen molar-refractivity contribution >= 4 is 11.9 Å². The Morgan fingerprint density at radius 3 is 1.76 bits per heavy atom. The minimum Gasteiger partial charge on any atom is -0.456 e. The average Bonchev–Trinajstić information content (AvgIpc) is 2.76. The number of hydrogen-bond donors (Lipinski definition) is 0. The van der Waals surface area contributed by atoms with Gasteiger partial charge in [-0.25, -0.2) is 9.59 Å². The Kier molecular flexibility index (Phi) is 8.17. The van der Waals surface area contributed by atoms with Gasteiger partial charge in [-0.3, -0.25) is 0 Å². The predicted molar refractivity (Wildman–Crippen MR) is 133 cm³/mol. The number of hydrogen-bond acceptors (Lipinski definition) is 4. The highest BCUT2D eigenvalue weighted by atomic mass is 16.6. The van der Waals surface area contributed by atoms with Gasteiger partial charge in [0.15, 0.2) is 0 Å². The van der Waals surface area contributed by atoms with E-state index in [4.69, 9.17) is 9.47 Å². The van der Waals surface area contributed by atoms with Crippen LogP contribution in [0.25, 0.3) is 0 Å². The second-order valence-electron chi connectivity index (χ2n) is 11.9. The summed E-state index contributed by atoms with van der Waals surface area (Å²) in [6.07, 6.45) is 13.7. The Hall–Kier alpha value is -1.58. The fourth-order valence-corrected chi connectivity index (χ4v) is 7.27. The van der Waals surface area contributed by atoms with E-state index >= 15 is 0 Å². The Labute approximate surface area is 201 Å². The Balaban J connectivity index is 0.000000190. The smallest absolute Gasteiger partial charge is 0.333 e. The van der Waals surface area contributed by atoms with Gasteiger partial charge in [-0.2, -0.15) is 0 Å². The Morgan fingerprint density at radius 1 is 0.848 bits per heavy atom. The standard InChI is InChI=1S/C16H24O2.C13H22O2/c1-4-16(18-15(17)10(2)3)13-6-11-5-12(8-13)9-14(16)7-11;1-10(2)12(14)15-13(3,4)11-8-6-5-7-9-11/h11-14H,2,4-9H2,1,3H3;11H,1,5-9H2,2-4H3. The maximum absolute atomic E-state index is 12.0. The summed E-state index contributed by atoms with van der Waals surface area (Å²) in [5.74, 6) is 3.12. The molecule has 0 saturated heterocycles. The van der Waals surface area contributed by atoms with E-state index in [-0.39, 0.29) is 23.1 Å². The summed E-state index contributed by atoms with van der Waals surface area (Å²) in [4.78, 5) is 23.5. The second-order valence-corrected chi connectivity index (χ2v) is 11.9. The summed E-state index contributed by atoms with van der Waals surface area (Å²) in [5.41, 5.74) is 0.524. The van der Waals surface area contributed by atoms with Crippen LogP contribution in [0.1, 0.15) is 105 Å². The molecule has 0 atom stereocenters. The van der Waals surface area contributed by atoms with Gasteiger partial charge in [-0.15, -0.1) is 0 Å². The van der Waals surface area contributed by atoms with Crippen molar-refractivity contribution in [2.24, 2.45) is 29.6 Å². The van der Waals surface area contributed by atoms with Crippen molar-refractivity contribution in [1.82, 2.24) is 0 Å². The van der Waals surface area contributed by atoms with Crippen molar-refractivity contribution < 1.29 is 19.1 Å². The van der Waals surface area contributed by atoms with E-state index in [1.54, 1.807) is 13.8 Å². The fourth-order valence-electron chi connectivity index (χ4n) is 7.27. The lowest BCUT2D eigenvalue weighted by Gasteiger charge is -2.60. The molecule has 0 unspecified atom stereocenters. The molecule has 0 radical (unpaired) electrons. The van der Waals surface area contributed by atoms with Gasteiger partial charge in [0.25, 0.3) is 0 Å². The van der Waals surface area contributed by atoms with Crippen LogP contribution >= 0.6 is 0 Å². The SMILES string of the molecule is C=C(C)C(=O)OC(C)(C)C1CCCCC1.C=C(C)C(=O)OC1(CC)C2CC3CC(C2)CC1C3. The van der Waals surface area contributed by atoms with Crippen molar-refractivity contribution in [2.45, 2.75) is 116 Å². The minimum atomic E-state index is -0.337. The zero-order chi connectivity index (χ0) is 24.4. The average molecular weight is 459 g/mol. The largest absolute Gasteiger partial charge is 0.456 e. The highest BCUT2D eigenvalue weighted by molar-refractivity contribution is 5.87. The van der Waals surface area contributed by atoms with Crippen molar-refractivity contribution in [3.8, 4) is 0 Å². The molecule has 0 aromatic carbocycles. The van der Waals surface area contributed by atoms with E-state index in [9.17, 15) is 9.59 Å². The quantitative estimate of drug-likeness (QED) is 0.312. The monoisotopic (exact) mass is 458 g/mol. The highest BCUT2D eigenvalue weighted by Gasteiger charge is 2.58. The maximum Gasteiger partial charge on any atom is 0.333 e. The van der Waals surface area contributed by atoms with Crippen LogP contribution in [0.4, 0.5) is 0 Å². The number of carbonyl (C=O) groups excluding carboxylic acids is 2. The number of rotatable bonds is 6. The first-order chi connectivity index (χ1) is 15.5. The first kappa shape index (κ1) is 26.0. The third-order valence-corrected chi connectivity index (χ3v) is 9.00. The highest BCUT2D eigenvalue weighted by Crippen LogP contribution is 2.60. The molecule has 186 valence electrons. The molecule has 5 saturated carbocycles. The molecule has 33 heavy (non-hydrogen) atoms. The van der Waals surface area contributed by atoms with E-state index in [0.29, 0.717) is 28.9 Å². The lowest BCUT2D eigenvalue weighted by molar-refractivity contribution is -0.207. The molecular weight excluding hydrogens is 412 g/mol. The van der Waals surface area contributed by atoms with Crippen molar-refractivity contribution in [2.75, 3.05) is 0 Å². The Bertz CT molecular complexity index is 728. The van der Waals surface area contributed by atoms with Crippen LogP contribution in [0.15, 0.2) is 24.3 Å². The van der Waals surface area contributed by atoms with Gasteiger partial charge in [0.1, 0.15) is 11.2 Å². The normalized spacial score (nSPS) is 33.0. The second kappa shape index (κ2) is 10.4. The molecule has 0 aliphatic heterocycles. The first-order valence-corrected chi connectivity index (χ1v) is 13.3. The summed E-state index contributed by atoms with van der Waals surface area (Å²) in [7, 11) is 0. The third-order valence-electron chi connectivity index (χ3n) is 9.00. The van der Waals surface area contributed by atoms with Crippen molar-refractivity contribution in [3.05, 3.63) is 24.3 Å². The fraction of sp³-hybridized carbons (Fsp3) is 0.793. The molecule has 4 heteroatoms. The summed E-state index contributed by atoms with van der Waals surface area (Å²) in [6, 6.07) is 0. The molecule has 0 amide bonds. The van der Waals surface area contributed by atoms with Crippen LogP contribution in [-0.4, -0.2) is 23.1 Å². The van der Waals surface area contributed by atoms with Gasteiger partial charge in [-0.1, -0.05) is 39.3 Å². The van der Waals surface area contributed by atoms with Crippen LogP contribution in [0.3, 0.4) is 0 Å². The summed E-state index contributed by atoms with van der Waals surface area (Å²) >= 11 is 0. The van der Waals surface area contributed by atoms with Crippen molar-refractivity contribution in [1.29, 1.82) is 0 Å². The van der Waals surface area contributed by atoms with Crippen LogP contribution in [0, 0.1) is 29.6 Å². The lowest BCUT2D eigenvalue weighted by atomic mass is 9.49. The van der Waals surface area contributed by atoms with Crippen LogP contribution < -0.4 is 0 Å². The van der Waals surface area contributed by atoms with E-state index in [1.165, 1.54) is 64.2 Å². The summed E-state index contributed by atoms with van der Waals surface area (Å²) in [6.45, 7) is 17.0. The van der Waals surface area contributed by atoms with Gasteiger partial charge in [0.2, 0.25) is 0 Å². The molecule has 5 aliphatic carbocycles. The van der Waals surface area contributed by atoms with Crippen LogP contribution in [0.5, 0.6) is 0 Å². The molecule has 5 rings (SSSR count). The van der Waals surface area contributed by atoms with Gasteiger partial charge < -0.3 is 9.47 Å². The predicted octanol–water partition coefficient (Wildman–Crippen LogP) is 7.18. The first-order valence-electron chi connectivity index (χ1n) is 13.3. The van der Waals surface area contributed by atoms with E-state index < -0.39 is 0 Å². The summed E-state index contributed by atoms with van der Waals surface area (Å²) in [5, 5.41) is 0. The Morgan fingerprint density at radius 2 is 1.33 bits per heavy atom. The van der Waals surface area contributed by atoms with Gasteiger partial charge in [0, 0.05) is 11.1 Å². The molecule has 0 aromatic rings. The van der Waals surface area contributed by atoms with E-state index in [2.05, 4.69) is 20.1 Å². The van der Waals surface area contributed by atoms with Gasteiger partial charge in [0.05, 0.1) is 0 Å². The van der Waals surface area contributed by atoms with Gasteiger partial charge >= 0.3 is 11.9 Å². The topological polar surface area (TPSA) is 52.6 Å².